The lowest BCUT2D eigenvalue weighted by Crippen LogP contribution is -2.48. The maximum absolute atomic E-state index is 13.7. The minimum absolute atomic E-state index is 0.236. The third-order valence-corrected chi connectivity index (χ3v) is 5.83. The highest BCUT2D eigenvalue weighted by Crippen LogP contribution is 2.39. The van der Waals surface area contributed by atoms with Crippen molar-refractivity contribution in [2.75, 3.05) is 0 Å². The molecule has 19 heavy (non-hydrogen) atoms. The van der Waals surface area contributed by atoms with E-state index in [1.165, 1.54) is 16.6 Å². The van der Waals surface area contributed by atoms with Crippen molar-refractivity contribution in [3.8, 4) is 0 Å². The van der Waals surface area contributed by atoms with Crippen molar-refractivity contribution < 1.29 is 17.9 Å². The number of fused-ring (bicyclic) bond motifs is 2. The van der Waals surface area contributed by atoms with E-state index in [4.69, 9.17) is 0 Å². The van der Waals surface area contributed by atoms with Gasteiger partial charge in [-0.25, -0.2) is 17.8 Å². The lowest BCUT2D eigenvalue weighted by atomic mass is 10.0. The normalized spacial score (nSPS) is 31.6. The number of sulfonamides is 1. The fourth-order valence-corrected chi connectivity index (χ4v) is 5.03. The van der Waals surface area contributed by atoms with Crippen LogP contribution < -0.4 is 0 Å². The number of pyridine rings is 1. The summed E-state index contributed by atoms with van der Waals surface area (Å²) < 4.78 is 40.1. The topological polar surface area (TPSA) is 70.5 Å². The first-order chi connectivity index (χ1) is 9.00. The van der Waals surface area contributed by atoms with Crippen LogP contribution in [0.25, 0.3) is 0 Å². The number of hydrogen-bond acceptors (Lipinski definition) is 4. The van der Waals surface area contributed by atoms with Gasteiger partial charge in [0.25, 0.3) is 10.0 Å². The van der Waals surface area contributed by atoms with Gasteiger partial charge in [0.05, 0.1) is 6.10 Å². The van der Waals surface area contributed by atoms with Crippen molar-refractivity contribution >= 4 is 10.0 Å². The van der Waals surface area contributed by atoms with Crippen LogP contribution in [0.15, 0.2) is 23.4 Å². The van der Waals surface area contributed by atoms with Crippen LogP contribution in [0.5, 0.6) is 0 Å². The zero-order valence-electron chi connectivity index (χ0n) is 10.2. The Hall–Kier alpha value is -1.05. The molecule has 0 spiro atoms. The second-order valence-corrected chi connectivity index (χ2v) is 6.89. The highest BCUT2D eigenvalue weighted by atomic mass is 32.2. The molecular weight excluding hydrogens is 271 g/mol. The van der Waals surface area contributed by atoms with Gasteiger partial charge >= 0.3 is 0 Å². The number of piperidine rings is 1. The van der Waals surface area contributed by atoms with Crippen LogP contribution in [0.3, 0.4) is 0 Å². The smallest absolute Gasteiger partial charge is 0.264 e. The number of hydrogen-bond donors (Lipinski definition) is 1. The molecule has 0 radical (unpaired) electrons. The van der Waals surface area contributed by atoms with Crippen LogP contribution in [0.2, 0.25) is 0 Å². The third-order valence-electron chi connectivity index (χ3n) is 3.89. The van der Waals surface area contributed by atoms with Crippen molar-refractivity contribution in [1.82, 2.24) is 9.29 Å². The highest BCUT2D eigenvalue weighted by molar-refractivity contribution is 7.89. The Labute approximate surface area is 111 Å². The fraction of sp³-hybridized carbons (Fsp3) is 0.583. The summed E-state index contributed by atoms with van der Waals surface area (Å²) in [5.74, 6) is -0.826. The van der Waals surface area contributed by atoms with Crippen molar-refractivity contribution in [1.29, 1.82) is 0 Å². The molecule has 2 unspecified atom stereocenters. The largest absolute Gasteiger partial charge is 0.393 e. The lowest BCUT2D eigenvalue weighted by Gasteiger charge is -2.35. The Morgan fingerprint density at radius 1 is 1.32 bits per heavy atom. The van der Waals surface area contributed by atoms with E-state index in [0.717, 1.165) is 18.9 Å². The molecule has 0 saturated carbocycles. The van der Waals surface area contributed by atoms with Crippen molar-refractivity contribution in [2.45, 2.75) is 48.9 Å². The maximum atomic E-state index is 13.7. The highest BCUT2D eigenvalue weighted by Gasteiger charge is 2.47. The molecule has 5 nitrogen and oxygen atoms in total. The molecule has 2 atom stereocenters. The van der Waals surface area contributed by atoms with E-state index >= 15 is 0 Å². The van der Waals surface area contributed by atoms with Crippen LogP contribution in [-0.2, 0) is 10.0 Å². The number of nitrogens with zero attached hydrogens (tertiary/aromatic N) is 2. The molecule has 1 N–H and O–H groups in total. The molecule has 7 heteroatoms. The molecular formula is C12H15FN2O3S. The van der Waals surface area contributed by atoms with E-state index in [1.54, 1.807) is 0 Å². The molecule has 104 valence electrons. The predicted molar refractivity (Wildman–Crippen MR) is 65.3 cm³/mol. The molecule has 2 aliphatic heterocycles. The summed E-state index contributed by atoms with van der Waals surface area (Å²) in [6.45, 7) is 0. The number of rotatable bonds is 2. The molecule has 0 amide bonds. The van der Waals surface area contributed by atoms with Gasteiger partial charge < -0.3 is 5.11 Å². The standard InChI is InChI=1S/C12H15FN2O3S/c13-11-2-1-5-14-12(11)19(17,18)15-8-3-4-9(15)7-10(16)6-8/h1-2,5,8-10,16H,3-4,6-7H2. The van der Waals surface area contributed by atoms with Crippen LogP contribution in [0.1, 0.15) is 25.7 Å². The minimum atomic E-state index is -3.92. The van der Waals surface area contributed by atoms with Crippen molar-refractivity contribution in [3.63, 3.8) is 0 Å². The van der Waals surface area contributed by atoms with E-state index in [2.05, 4.69) is 4.98 Å². The van der Waals surface area contributed by atoms with Crippen LogP contribution in [-0.4, -0.2) is 41.0 Å². The Morgan fingerprint density at radius 2 is 1.95 bits per heavy atom. The first kappa shape index (κ1) is 13.0. The number of aliphatic hydroxyl groups excluding tert-OH is 1. The van der Waals surface area contributed by atoms with Crippen LogP contribution in [0, 0.1) is 5.82 Å². The van der Waals surface area contributed by atoms with Gasteiger partial charge in [-0.2, -0.15) is 4.31 Å². The van der Waals surface area contributed by atoms with Gasteiger partial charge in [-0.3, -0.25) is 0 Å². The first-order valence-corrected chi connectivity index (χ1v) is 7.76. The van der Waals surface area contributed by atoms with Gasteiger partial charge in [0, 0.05) is 18.3 Å². The average molecular weight is 286 g/mol. The third kappa shape index (κ3) is 2.05. The number of aliphatic hydroxyl groups is 1. The molecule has 0 aliphatic carbocycles. The summed E-state index contributed by atoms with van der Waals surface area (Å²) in [6.07, 6.45) is 3.09. The lowest BCUT2D eigenvalue weighted by molar-refractivity contribution is 0.0766. The Balaban J connectivity index is 2.01. The van der Waals surface area contributed by atoms with E-state index in [-0.39, 0.29) is 12.1 Å². The van der Waals surface area contributed by atoms with Gasteiger partial charge in [-0.15, -0.1) is 0 Å². The Kier molecular flexibility index (Phi) is 3.07. The quantitative estimate of drug-likeness (QED) is 0.877. The van der Waals surface area contributed by atoms with Gasteiger partial charge in [0.2, 0.25) is 5.03 Å². The maximum Gasteiger partial charge on any atom is 0.264 e. The predicted octanol–water partition coefficient (Wildman–Crippen LogP) is 0.897. The Bertz CT molecular complexity index is 578. The molecule has 2 fully saturated rings. The van der Waals surface area contributed by atoms with Crippen LogP contribution in [0.4, 0.5) is 4.39 Å². The van der Waals surface area contributed by atoms with E-state index in [0.29, 0.717) is 12.8 Å². The summed E-state index contributed by atoms with van der Waals surface area (Å²) in [5, 5.41) is 9.18. The molecule has 3 rings (SSSR count). The summed E-state index contributed by atoms with van der Waals surface area (Å²) in [4.78, 5) is 3.67. The molecule has 2 aliphatic rings. The van der Waals surface area contributed by atoms with Crippen LogP contribution >= 0.6 is 0 Å². The molecule has 1 aromatic heterocycles. The molecule has 1 aromatic rings. The second kappa shape index (κ2) is 4.50. The number of aromatic nitrogens is 1. The number of halogens is 1. The minimum Gasteiger partial charge on any atom is -0.393 e. The molecule has 0 aromatic carbocycles. The summed E-state index contributed by atoms with van der Waals surface area (Å²) >= 11 is 0. The van der Waals surface area contributed by atoms with Gasteiger partial charge in [0.15, 0.2) is 5.82 Å². The van der Waals surface area contributed by atoms with Gasteiger partial charge in [-0.05, 0) is 37.8 Å². The summed E-state index contributed by atoms with van der Waals surface area (Å²) in [5.41, 5.74) is 0. The first-order valence-electron chi connectivity index (χ1n) is 6.32. The molecule has 3 heterocycles. The zero-order valence-corrected chi connectivity index (χ0v) is 11.1. The van der Waals surface area contributed by atoms with E-state index in [9.17, 15) is 17.9 Å². The molecule has 2 bridgehead atoms. The van der Waals surface area contributed by atoms with E-state index < -0.39 is 27.0 Å². The zero-order chi connectivity index (χ0) is 13.6. The van der Waals surface area contributed by atoms with E-state index in [1.807, 2.05) is 0 Å². The van der Waals surface area contributed by atoms with Gasteiger partial charge in [0.1, 0.15) is 0 Å². The van der Waals surface area contributed by atoms with Gasteiger partial charge in [-0.1, -0.05) is 0 Å². The summed E-state index contributed by atoms with van der Waals surface area (Å²) in [6, 6.07) is 1.99. The molecule has 2 saturated heterocycles. The monoisotopic (exact) mass is 286 g/mol. The fourth-order valence-electron chi connectivity index (χ4n) is 3.16. The summed E-state index contributed by atoms with van der Waals surface area (Å²) in [7, 11) is -3.92. The SMILES string of the molecule is O=S(=O)(c1ncccc1F)N1C2CCC1CC(O)C2. The van der Waals surface area contributed by atoms with Crippen molar-refractivity contribution in [2.24, 2.45) is 0 Å². The Morgan fingerprint density at radius 3 is 2.53 bits per heavy atom. The van der Waals surface area contributed by atoms with Crippen molar-refractivity contribution in [3.05, 3.63) is 24.1 Å². The second-order valence-electron chi connectivity index (χ2n) is 5.14. The average Bonchev–Trinajstić information content (AvgIpc) is 2.63.